The zero-order chi connectivity index (χ0) is 19.6. The molecule has 6 heteroatoms. The Kier molecular flexibility index (Phi) is 4.76. The van der Waals surface area contributed by atoms with Crippen LogP contribution in [0.25, 0.3) is 5.69 Å². The first-order valence-corrected chi connectivity index (χ1v) is 10.3. The van der Waals surface area contributed by atoms with E-state index in [1.54, 1.807) is 6.20 Å². The van der Waals surface area contributed by atoms with Gasteiger partial charge in [0, 0.05) is 30.1 Å². The lowest BCUT2D eigenvalue weighted by molar-refractivity contribution is 0.0944. The van der Waals surface area contributed by atoms with Crippen LogP contribution in [-0.2, 0) is 19.4 Å². The Morgan fingerprint density at radius 2 is 2.00 bits per heavy atom. The highest BCUT2D eigenvalue weighted by Gasteiger charge is 2.26. The van der Waals surface area contributed by atoms with Crippen LogP contribution in [0.15, 0.2) is 48.7 Å². The highest BCUT2D eigenvalue weighted by molar-refractivity contribution is 5.94. The van der Waals surface area contributed by atoms with Crippen LogP contribution in [0.5, 0.6) is 5.88 Å². The van der Waals surface area contributed by atoms with Crippen molar-refractivity contribution >= 4 is 5.91 Å². The fourth-order valence-corrected chi connectivity index (χ4v) is 3.76. The second-order valence-corrected chi connectivity index (χ2v) is 7.82. The van der Waals surface area contributed by atoms with Gasteiger partial charge in [0.2, 0.25) is 5.88 Å². The van der Waals surface area contributed by atoms with Crippen molar-refractivity contribution in [1.29, 1.82) is 0 Å². The van der Waals surface area contributed by atoms with Crippen molar-refractivity contribution in [3.05, 3.63) is 71.2 Å². The number of rotatable bonds is 7. The molecule has 5 rings (SSSR count). The number of benzene rings is 1. The van der Waals surface area contributed by atoms with Crippen LogP contribution >= 0.6 is 0 Å². The second-order valence-electron chi connectivity index (χ2n) is 7.82. The molecule has 1 saturated carbocycles. The Labute approximate surface area is 169 Å². The first-order valence-electron chi connectivity index (χ1n) is 10.3. The lowest BCUT2D eigenvalue weighted by atomic mass is 10.2. The lowest BCUT2D eigenvalue weighted by Gasteiger charge is -2.07. The minimum absolute atomic E-state index is 0.133. The van der Waals surface area contributed by atoms with Gasteiger partial charge in [0.1, 0.15) is 0 Å². The van der Waals surface area contributed by atoms with Crippen molar-refractivity contribution < 1.29 is 9.53 Å². The normalized spacial score (nSPS) is 15.2. The quantitative estimate of drug-likeness (QED) is 0.673. The summed E-state index contributed by atoms with van der Waals surface area (Å²) in [6, 6.07) is 13.8. The van der Waals surface area contributed by atoms with Gasteiger partial charge >= 0.3 is 0 Å². The molecule has 1 aromatic carbocycles. The van der Waals surface area contributed by atoms with Gasteiger partial charge < -0.3 is 10.1 Å². The molecule has 1 N–H and O–H groups in total. The average molecular weight is 388 g/mol. The molecule has 0 spiro atoms. The third kappa shape index (κ3) is 3.88. The van der Waals surface area contributed by atoms with Crippen LogP contribution < -0.4 is 10.1 Å². The number of carbonyl (C=O) groups excluding carboxylic acids is 1. The summed E-state index contributed by atoms with van der Waals surface area (Å²) in [5.41, 5.74) is 4.71. The van der Waals surface area contributed by atoms with Gasteiger partial charge in [0.05, 0.1) is 12.3 Å². The summed E-state index contributed by atoms with van der Waals surface area (Å²) in [5, 5.41) is 7.64. The summed E-state index contributed by atoms with van der Waals surface area (Å²) in [4.78, 5) is 17.2. The van der Waals surface area contributed by atoms with Crippen molar-refractivity contribution in [3.8, 4) is 11.6 Å². The zero-order valence-electron chi connectivity index (χ0n) is 16.3. The monoisotopic (exact) mass is 388 g/mol. The summed E-state index contributed by atoms with van der Waals surface area (Å²) in [6.07, 6.45) is 7.19. The number of ether oxygens (including phenoxy) is 1. The third-order valence-electron chi connectivity index (χ3n) is 5.56. The van der Waals surface area contributed by atoms with Crippen LogP contribution in [-0.4, -0.2) is 27.3 Å². The molecule has 0 atom stereocenters. The van der Waals surface area contributed by atoms with Gasteiger partial charge in [-0.2, -0.15) is 5.10 Å². The number of pyridine rings is 1. The Morgan fingerprint density at radius 3 is 2.76 bits per heavy atom. The molecule has 0 bridgehead atoms. The zero-order valence-corrected chi connectivity index (χ0v) is 16.3. The van der Waals surface area contributed by atoms with Crippen LogP contribution in [0.4, 0.5) is 0 Å². The molecule has 2 aromatic heterocycles. The minimum Gasteiger partial charge on any atom is -0.477 e. The number of hydrogen-bond donors (Lipinski definition) is 1. The molecule has 2 heterocycles. The lowest BCUT2D eigenvalue weighted by Crippen LogP contribution is -2.24. The van der Waals surface area contributed by atoms with Crippen LogP contribution in [0.2, 0.25) is 0 Å². The number of para-hydroxylation sites is 1. The number of nitrogens with zero attached hydrogens (tertiary/aromatic N) is 3. The maximum atomic E-state index is 12.8. The first-order chi connectivity index (χ1) is 14.3. The van der Waals surface area contributed by atoms with Gasteiger partial charge in [0.25, 0.3) is 5.91 Å². The maximum Gasteiger partial charge on any atom is 0.272 e. The predicted molar refractivity (Wildman–Crippen MR) is 109 cm³/mol. The Balaban J connectivity index is 1.26. The Bertz CT molecular complexity index is 1010. The summed E-state index contributed by atoms with van der Waals surface area (Å²) in [5.74, 6) is 1.21. The van der Waals surface area contributed by atoms with Gasteiger partial charge in [-0.1, -0.05) is 24.3 Å². The molecule has 0 aliphatic heterocycles. The molecule has 148 valence electrons. The van der Waals surface area contributed by atoms with E-state index in [0.29, 0.717) is 24.0 Å². The standard InChI is InChI=1S/C23H24N4O2/c28-23(25-14-17-11-12-21(24-13-17)29-15-16-9-10-16)22-19-7-4-8-20(19)27(26-22)18-5-2-1-3-6-18/h1-3,5-6,11-13,16H,4,7-10,14-15H2,(H,25,28). The van der Waals surface area contributed by atoms with Crippen molar-refractivity contribution in [3.63, 3.8) is 0 Å². The van der Waals surface area contributed by atoms with Crippen LogP contribution in [0, 0.1) is 5.92 Å². The van der Waals surface area contributed by atoms with E-state index >= 15 is 0 Å². The summed E-state index contributed by atoms with van der Waals surface area (Å²) >= 11 is 0. The minimum atomic E-state index is -0.133. The van der Waals surface area contributed by atoms with Gasteiger partial charge in [-0.3, -0.25) is 4.79 Å². The number of amides is 1. The average Bonchev–Trinajstić information content (AvgIpc) is 3.34. The van der Waals surface area contributed by atoms with E-state index in [1.165, 1.54) is 12.8 Å². The molecule has 1 amide bonds. The molecule has 2 aliphatic rings. The number of fused-ring (bicyclic) bond motifs is 1. The molecule has 29 heavy (non-hydrogen) atoms. The first kappa shape index (κ1) is 17.9. The van der Waals surface area contributed by atoms with E-state index < -0.39 is 0 Å². The van der Waals surface area contributed by atoms with Gasteiger partial charge in [-0.25, -0.2) is 9.67 Å². The van der Waals surface area contributed by atoms with E-state index in [0.717, 1.165) is 48.4 Å². The molecule has 0 radical (unpaired) electrons. The van der Waals surface area contributed by atoms with E-state index in [9.17, 15) is 4.79 Å². The predicted octanol–water partition coefficient (Wildman–Crippen LogP) is 3.47. The van der Waals surface area contributed by atoms with Crippen molar-refractivity contribution in [1.82, 2.24) is 20.1 Å². The highest BCUT2D eigenvalue weighted by atomic mass is 16.5. The van der Waals surface area contributed by atoms with E-state index in [2.05, 4.69) is 15.4 Å². The van der Waals surface area contributed by atoms with Gasteiger partial charge in [-0.15, -0.1) is 0 Å². The molecule has 1 fully saturated rings. The van der Waals surface area contributed by atoms with Gasteiger partial charge in [0.15, 0.2) is 5.69 Å². The van der Waals surface area contributed by atoms with Crippen LogP contribution in [0.1, 0.15) is 46.6 Å². The molecular weight excluding hydrogens is 364 g/mol. The number of hydrogen-bond acceptors (Lipinski definition) is 4. The van der Waals surface area contributed by atoms with Crippen molar-refractivity contribution in [2.75, 3.05) is 6.61 Å². The maximum absolute atomic E-state index is 12.8. The molecule has 6 nitrogen and oxygen atoms in total. The smallest absolute Gasteiger partial charge is 0.272 e. The third-order valence-corrected chi connectivity index (χ3v) is 5.56. The second kappa shape index (κ2) is 7.70. The molecule has 3 aromatic rings. The molecule has 2 aliphatic carbocycles. The van der Waals surface area contributed by atoms with Gasteiger partial charge in [-0.05, 0) is 55.7 Å². The molecule has 0 unspecified atom stereocenters. The van der Waals surface area contributed by atoms with E-state index in [1.807, 2.05) is 47.1 Å². The molecule has 0 saturated heterocycles. The SMILES string of the molecule is O=C(NCc1ccc(OCC2CC2)nc1)c1nn(-c2ccccc2)c2c1CCC2. The Hall–Kier alpha value is -3.15. The van der Waals surface area contributed by atoms with E-state index in [4.69, 9.17) is 4.74 Å². The summed E-state index contributed by atoms with van der Waals surface area (Å²) < 4.78 is 7.59. The summed E-state index contributed by atoms with van der Waals surface area (Å²) in [7, 11) is 0. The Morgan fingerprint density at radius 1 is 1.14 bits per heavy atom. The van der Waals surface area contributed by atoms with Crippen LogP contribution in [0.3, 0.4) is 0 Å². The van der Waals surface area contributed by atoms with Crippen molar-refractivity contribution in [2.45, 2.75) is 38.6 Å². The largest absolute Gasteiger partial charge is 0.477 e. The highest BCUT2D eigenvalue weighted by Crippen LogP contribution is 2.29. The van der Waals surface area contributed by atoms with E-state index in [-0.39, 0.29) is 5.91 Å². The summed E-state index contributed by atoms with van der Waals surface area (Å²) in [6.45, 7) is 1.17. The fraction of sp³-hybridized carbons (Fsp3) is 0.348. The number of aromatic nitrogens is 3. The topological polar surface area (TPSA) is 69.0 Å². The fourth-order valence-electron chi connectivity index (χ4n) is 3.76. The van der Waals surface area contributed by atoms with Crippen molar-refractivity contribution in [2.24, 2.45) is 5.92 Å². The number of nitrogens with one attached hydrogen (secondary N) is 1. The molecular formula is C23H24N4O2. The number of carbonyl (C=O) groups is 1.